The zero-order valence-electron chi connectivity index (χ0n) is 9.08. The van der Waals surface area contributed by atoms with Crippen molar-refractivity contribution in [3.8, 4) is 0 Å². The monoisotopic (exact) mass is 212 g/mol. The molecule has 5 heteroatoms. The van der Waals surface area contributed by atoms with E-state index in [0.29, 0.717) is 25.8 Å². The maximum atomic E-state index is 11.5. The average Bonchev–Trinajstić information content (AvgIpc) is 2.44. The quantitative estimate of drug-likeness (QED) is 0.662. The lowest BCUT2D eigenvalue weighted by Gasteiger charge is -2.13. The molecule has 0 bridgehead atoms. The van der Waals surface area contributed by atoms with E-state index >= 15 is 0 Å². The molecule has 1 N–H and O–H groups in total. The molecule has 0 aromatic carbocycles. The number of rotatable bonds is 4. The lowest BCUT2D eigenvalue weighted by Crippen LogP contribution is -2.32. The molecule has 1 saturated heterocycles. The number of nitrogens with zero attached hydrogens (tertiary/aromatic N) is 1. The highest BCUT2D eigenvalue weighted by Gasteiger charge is 2.34. The van der Waals surface area contributed by atoms with Gasteiger partial charge in [-0.25, -0.2) is 0 Å². The Bertz CT molecular complexity index is 288. The summed E-state index contributed by atoms with van der Waals surface area (Å²) in [6.07, 6.45) is 1.19. The normalized spacial score (nSPS) is 20.9. The summed E-state index contributed by atoms with van der Waals surface area (Å²) >= 11 is 0. The number of carbonyl (C=O) groups is 3. The van der Waals surface area contributed by atoms with Gasteiger partial charge in [-0.3, -0.25) is 19.3 Å². The minimum absolute atomic E-state index is 0.0675. The third kappa shape index (κ3) is 2.78. The van der Waals surface area contributed by atoms with E-state index in [1.807, 2.05) is 0 Å². The first kappa shape index (κ1) is 11.7. The van der Waals surface area contributed by atoms with Crippen LogP contribution in [0.2, 0.25) is 0 Å². The van der Waals surface area contributed by atoms with E-state index < -0.39 is 0 Å². The molecule has 5 nitrogen and oxygen atoms in total. The van der Waals surface area contributed by atoms with E-state index in [1.165, 1.54) is 4.90 Å². The predicted molar refractivity (Wildman–Crippen MR) is 53.8 cm³/mol. The third-order valence-corrected chi connectivity index (χ3v) is 2.53. The maximum absolute atomic E-state index is 11.5. The van der Waals surface area contributed by atoms with Crippen LogP contribution in [-0.2, 0) is 14.4 Å². The average molecular weight is 212 g/mol. The van der Waals surface area contributed by atoms with Gasteiger partial charge in [-0.15, -0.1) is 0 Å². The van der Waals surface area contributed by atoms with Crippen molar-refractivity contribution in [1.82, 2.24) is 10.2 Å². The number of amides is 3. The van der Waals surface area contributed by atoms with Crippen molar-refractivity contribution < 1.29 is 14.4 Å². The summed E-state index contributed by atoms with van der Waals surface area (Å²) < 4.78 is 0. The van der Waals surface area contributed by atoms with Crippen molar-refractivity contribution in [3.63, 3.8) is 0 Å². The van der Waals surface area contributed by atoms with Crippen LogP contribution in [0.5, 0.6) is 0 Å². The predicted octanol–water partition coefficient (Wildman–Crippen LogP) is -0.0924. The Morgan fingerprint density at radius 1 is 1.53 bits per heavy atom. The zero-order valence-corrected chi connectivity index (χ0v) is 9.08. The van der Waals surface area contributed by atoms with Gasteiger partial charge in [0.1, 0.15) is 0 Å². The van der Waals surface area contributed by atoms with Crippen LogP contribution < -0.4 is 5.32 Å². The highest BCUT2D eigenvalue weighted by atomic mass is 16.2. The molecule has 0 saturated carbocycles. The number of hydrogen-bond donors (Lipinski definition) is 1. The van der Waals surface area contributed by atoms with Gasteiger partial charge < -0.3 is 5.32 Å². The van der Waals surface area contributed by atoms with E-state index in [9.17, 15) is 14.4 Å². The van der Waals surface area contributed by atoms with Crippen molar-refractivity contribution in [1.29, 1.82) is 0 Å². The number of nitrogens with one attached hydrogen (secondary N) is 1. The fourth-order valence-corrected chi connectivity index (χ4v) is 1.61. The molecule has 1 aliphatic heterocycles. The lowest BCUT2D eigenvalue weighted by molar-refractivity contribution is -0.139. The standard InChI is InChI=1S/C10H16N2O3/c1-7-6-9(14)12(10(7)15)5-3-4-8(13)11-2/h7H,3-6H2,1-2H3,(H,11,13). The number of likely N-dealkylation sites (tertiary alicyclic amines) is 1. The minimum atomic E-state index is -0.197. The van der Waals surface area contributed by atoms with Crippen molar-refractivity contribution in [2.75, 3.05) is 13.6 Å². The first-order valence-corrected chi connectivity index (χ1v) is 5.11. The fraction of sp³-hybridized carbons (Fsp3) is 0.700. The Balaban J connectivity index is 2.36. The van der Waals surface area contributed by atoms with E-state index in [4.69, 9.17) is 0 Å². The van der Waals surface area contributed by atoms with Crippen molar-refractivity contribution in [2.45, 2.75) is 26.2 Å². The summed E-state index contributed by atoms with van der Waals surface area (Å²) in [5.74, 6) is -0.499. The molecule has 15 heavy (non-hydrogen) atoms. The van der Waals surface area contributed by atoms with Crippen molar-refractivity contribution in [2.24, 2.45) is 5.92 Å². The molecule has 1 aliphatic rings. The third-order valence-electron chi connectivity index (χ3n) is 2.53. The van der Waals surface area contributed by atoms with Crippen LogP contribution >= 0.6 is 0 Å². The van der Waals surface area contributed by atoms with E-state index in [1.54, 1.807) is 14.0 Å². The lowest BCUT2D eigenvalue weighted by atomic mass is 10.1. The SMILES string of the molecule is CNC(=O)CCCN1C(=O)CC(C)C1=O. The molecule has 0 aliphatic carbocycles. The highest BCUT2D eigenvalue weighted by molar-refractivity contribution is 6.03. The van der Waals surface area contributed by atoms with Crippen LogP contribution in [0.25, 0.3) is 0 Å². The first-order valence-electron chi connectivity index (χ1n) is 5.11. The van der Waals surface area contributed by atoms with Crippen molar-refractivity contribution in [3.05, 3.63) is 0 Å². The zero-order chi connectivity index (χ0) is 11.4. The molecule has 0 spiro atoms. The summed E-state index contributed by atoms with van der Waals surface area (Å²) in [5, 5.41) is 2.49. The Morgan fingerprint density at radius 2 is 2.20 bits per heavy atom. The summed E-state index contributed by atoms with van der Waals surface area (Å²) in [5.41, 5.74) is 0. The maximum Gasteiger partial charge on any atom is 0.232 e. The number of imide groups is 1. The molecular weight excluding hydrogens is 196 g/mol. The van der Waals surface area contributed by atoms with Crippen LogP contribution in [-0.4, -0.2) is 36.2 Å². The molecule has 0 radical (unpaired) electrons. The Labute approximate surface area is 88.8 Å². The first-order chi connectivity index (χ1) is 7.06. The summed E-state index contributed by atoms with van der Waals surface area (Å²) in [4.78, 5) is 35.0. The Hall–Kier alpha value is -1.39. The van der Waals surface area contributed by atoms with Crippen LogP contribution in [0.3, 0.4) is 0 Å². The number of hydrogen-bond acceptors (Lipinski definition) is 3. The van der Waals surface area contributed by atoms with Crippen LogP contribution in [0.4, 0.5) is 0 Å². The van der Waals surface area contributed by atoms with Gasteiger partial charge in [0.15, 0.2) is 0 Å². The topological polar surface area (TPSA) is 66.5 Å². The van der Waals surface area contributed by atoms with Gasteiger partial charge in [-0.05, 0) is 6.42 Å². The van der Waals surface area contributed by atoms with Gasteiger partial charge >= 0.3 is 0 Å². The molecule has 1 rings (SSSR count). The van der Waals surface area contributed by atoms with Crippen LogP contribution in [0.1, 0.15) is 26.2 Å². The highest BCUT2D eigenvalue weighted by Crippen LogP contribution is 2.18. The molecule has 1 atom stereocenters. The largest absolute Gasteiger partial charge is 0.359 e. The Kier molecular flexibility index (Phi) is 3.82. The molecule has 84 valence electrons. The minimum Gasteiger partial charge on any atom is -0.359 e. The van der Waals surface area contributed by atoms with Gasteiger partial charge in [-0.1, -0.05) is 6.92 Å². The van der Waals surface area contributed by atoms with E-state index in [2.05, 4.69) is 5.32 Å². The number of carbonyl (C=O) groups excluding carboxylic acids is 3. The fourth-order valence-electron chi connectivity index (χ4n) is 1.61. The van der Waals surface area contributed by atoms with Gasteiger partial charge in [0.25, 0.3) is 0 Å². The summed E-state index contributed by atoms with van der Waals surface area (Å²) in [6, 6.07) is 0. The van der Waals surface area contributed by atoms with Gasteiger partial charge in [0.2, 0.25) is 17.7 Å². The molecule has 1 unspecified atom stereocenters. The molecule has 1 heterocycles. The smallest absolute Gasteiger partial charge is 0.232 e. The molecule has 3 amide bonds. The van der Waals surface area contributed by atoms with Gasteiger partial charge in [-0.2, -0.15) is 0 Å². The second kappa shape index (κ2) is 4.91. The van der Waals surface area contributed by atoms with Crippen molar-refractivity contribution >= 4 is 17.7 Å². The summed E-state index contributed by atoms with van der Waals surface area (Å²) in [6.45, 7) is 2.11. The second-order valence-electron chi connectivity index (χ2n) is 3.77. The molecule has 0 aromatic heterocycles. The molecule has 0 aromatic rings. The second-order valence-corrected chi connectivity index (χ2v) is 3.77. The van der Waals surface area contributed by atoms with Crippen LogP contribution in [0.15, 0.2) is 0 Å². The molecule has 1 fully saturated rings. The van der Waals surface area contributed by atoms with Crippen LogP contribution in [0, 0.1) is 5.92 Å². The summed E-state index contributed by atoms with van der Waals surface area (Å²) in [7, 11) is 1.57. The van der Waals surface area contributed by atoms with Gasteiger partial charge in [0.05, 0.1) is 0 Å². The molecular formula is C10H16N2O3. The van der Waals surface area contributed by atoms with E-state index in [0.717, 1.165) is 0 Å². The van der Waals surface area contributed by atoms with E-state index in [-0.39, 0.29) is 23.6 Å². The van der Waals surface area contributed by atoms with Gasteiger partial charge in [0, 0.05) is 32.4 Å². The Morgan fingerprint density at radius 3 is 2.67 bits per heavy atom.